The molecule has 1 aliphatic heterocycles. The molecule has 0 saturated carbocycles. The van der Waals surface area contributed by atoms with E-state index in [0.717, 1.165) is 11.3 Å². The Bertz CT molecular complexity index is 940. The largest absolute Gasteiger partial charge is 0.454 e. The van der Waals surface area contributed by atoms with E-state index in [-0.39, 0.29) is 18.4 Å². The third-order valence-corrected chi connectivity index (χ3v) is 3.85. The molecule has 2 heterocycles. The van der Waals surface area contributed by atoms with Crippen LogP contribution in [0.3, 0.4) is 0 Å². The molecule has 3 aromatic rings. The Labute approximate surface area is 150 Å². The van der Waals surface area contributed by atoms with Crippen molar-refractivity contribution in [2.45, 2.75) is 6.92 Å². The average molecular weight is 348 g/mol. The fourth-order valence-electron chi connectivity index (χ4n) is 2.47. The van der Waals surface area contributed by atoms with Crippen LogP contribution < -0.4 is 20.1 Å². The zero-order valence-electron chi connectivity index (χ0n) is 14.0. The third kappa shape index (κ3) is 3.41. The molecule has 1 aliphatic rings. The molecule has 0 radical (unpaired) electrons. The molecule has 2 N–H and O–H groups in total. The molecule has 0 fully saturated rings. The van der Waals surface area contributed by atoms with E-state index in [4.69, 9.17) is 9.47 Å². The van der Waals surface area contributed by atoms with Crippen LogP contribution in [0.5, 0.6) is 11.5 Å². The number of nitrogens with zero attached hydrogens (tertiary/aromatic N) is 2. The van der Waals surface area contributed by atoms with Crippen LogP contribution in [0.25, 0.3) is 0 Å². The van der Waals surface area contributed by atoms with E-state index in [1.54, 1.807) is 12.1 Å². The second kappa shape index (κ2) is 6.72. The first-order chi connectivity index (χ1) is 12.7. The number of fused-ring (bicyclic) bond motifs is 1. The smallest absolute Gasteiger partial charge is 0.276 e. The number of nitrogens with one attached hydrogen (secondary N) is 2. The highest BCUT2D eigenvalue weighted by Gasteiger charge is 2.14. The number of benzene rings is 2. The first kappa shape index (κ1) is 15.9. The van der Waals surface area contributed by atoms with Crippen LogP contribution in [-0.2, 0) is 0 Å². The van der Waals surface area contributed by atoms with Crippen LogP contribution in [0.1, 0.15) is 16.1 Å². The molecule has 1 amide bonds. The fraction of sp³-hybridized carbons (Fsp3) is 0.105. The Balaban J connectivity index is 1.43. The summed E-state index contributed by atoms with van der Waals surface area (Å²) in [6.45, 7) is 2.21. The van der Waals surface area contributed by atoms with Gasteiger partial charge in [0.25, 0.3) is 5.91 Å². The van der Waals surface area contributed by atoms with Gasteiger partial charge < -0.3 is 20.1 Å². The normalized spacial score (nSPS) is 11.9. The Kier molecular flexibility index (Phi) is 4.10. The van der Waals surface area contributed by atoms with Gasteiger partial charge in [-0.2, -0.15) is 0 Å². The van der Waals surface area contributed by atoms with Gasteiger partial charge in [-0.3, -0.25) is 4.79 Å². The summed E-state index contributed by atoms with van der Waals surface area (Å²) < 4.78 is 10.6. The van der Waals surface area contributed by atoms with Crippen molar-refractivity contribution in [3.05, 3.63) is 65.9 Å². The summed E-state index contributed by atoms with van der Waals surface area (Å²) in [6.07, 6.45) is 0. The van der Waals surface area contributed by atoms with Crippen LogP contribution >= 0.6 is 0 Å². The van der Waals surface area contributed by atoms with Crippen LogP contribution in [0.4, 0.5) is 17.2 Å². The third-order valence-electron chi connectivity index (χ3n) is 3.85. The van der Waals surface area contributed by atoms with Gasteiger partial charge in [0.2, 0.25) is 6.79 Å². The Hall–Kier alpha value is -3.61. The number of carbonyl (C=O) groups excluding carboxylic acids is 1. The average Bonchev–Trinajstić information content (AvgIpc) is 3.12. The molecule has 0 atom stereocenters. The van der Waals surface area contributed by atoms with Crippen molar-refractivity contribution in [3.63, 3.8) is 0 Å². The maximum atomic E-state index is 12.2. The molecule has 130 valence electrons. The van der Waals surface area contributed by atoms with Gasteiger partial charge in [-0.05, 0) is 43.3 Å². The van der Waals surface area contributed by atoms with Crippen LogP contribution in [0.2, 0.25) is 0 Å². The molecule has 4 rings (SSSR count). The molecule has 2 aromatic carbocycles. The topological polar surface area (TPSA) is 85.4 Å². The summed E-state index contributed by atoms with van der Waals surface area (Å²) in [5, 5.41) is 13.9. The summed E-state index contributed by atoms with van der Waals surface area (Å²) >= 11 is 0. The van der Waals surface area contributed by atoms with E-state index in [1.165, 1.54) is 0 Å². The summed E-state index contributed by atoms with van der Waals surface area (Å²) in [5.41, 5.74) is 2.87. The molecule has 0 aliphatic carbocycles. The van der Waals surface area contributed by atoms with Gasteiger partial charge in [-0.15, -0.1) is 10.2 Å². The van der Waals surface area contributed by atoms with E-state index >= 15 is 0 Å². The van der Waals surface area contributed by atoms with E-state index in [0.29, 0.717) is 23.0 Å². The zero-order chi connectivity index (χ0) is 17.9. The molecule has 26 heavy (non-hydrogen) atoms. The van der Waals surface area contributed by atoms with Gasteiger partial charge in [0.05, 0.1) is 0 Å². The number of aromatic nitrogens is 2. The van der Waals surface area contributed by atoms with Crippen LogP contribution in [0.15, 0.2) is 54.6 Å². The fourth-order valence-corrected chi connectivity index (χ4v) is 2.47. The van der Waals surface area contributed by atoms with Crippen LogP contribution in [0, 0.1) is 6.92 Å². The van der Waals surface area contributed by atoms with Crippen molar-refractivity contribution in [2.24, 2.45) is 0 Å². The molecular weight excluding hydrogens is 332 g/mol. The first-order valence-electron chi connectivity index (χ1n) is 8.06. The van der Waals surface area contributed by atoms with Crippen molar-refractivity contribution in [3.8, 4) is 11.5 Å². The molecular formula is C19H16N4O3. The lowest BCUT2D eigenvalue weighted by molar-refractivity contribution is 0.102. The zero-order valence-corrected chi connectivity index (χ0v) is 14.0. The minimum Gasteiger partial charge on any atom is -0.454 e. The lowest BCUT2D eigenvalue weighted by Gasteiger charge is -2.07. The molecule has 7 heteroatoms. The molecule has 0 bridgehead atoms. The van der Waals surface area contributed by atoms with Gasteiger partial charge in [-0.1, -0.05) is 17.7 Å². The summed E-state index contributed by atoms with van der Waals surface area (Å²) in [7, 11) is 0. The van der Waals surface area contributed by atoms with Crippen molar-refractivity contribution < 1.29 is 14.3 Å². The minimum absolute atomic E-state index is 0.226. The van der Waals surface area contributed by atoms with Gasteiger partial charge in [0, 0.05) is 17.4 Å². The SMILES string of the molecule is Cc1ccc(NC(=O)c2ccc(Nc3ccc4c(c3)OCO4)nn2)cc1. The van der Waals surface area contributed by atoms with Gasteiger partial charge in [0.1, 0.15) is 0 Å². The second-order valence-corrected chi connectivity index (χ2v) is 5.82. The Morgan fingerprint density at radius 3 is 2.46 bits per heavy atom. The van der Waals surface area contributed by atoms with Crippen LogP contribution in [-0.4, -0.2) is 22.9 Å². The number of rotatable bonds is 4. The summed E-state index contributed by atoms with van der Waals surface area (Å²) in [4.78, 5) is 12.2. The summed E-state index contributed by atoms with van der Waals surface area (Å²) in [6, 6.07) is 16.4. The lowest BCUT2D eigenvalue weighted by Crippen LogP contribution is -2.14. The number of hydrogen-bond acceptors (Lipinski definition) is 6. The Morgan fingerprint density at radius 1 is 0.923 bits per heavy atom. The van der Waals surface area contributed by atoms with Crippen molar-refractivity contribution in [1.82, 2.24) is 10.2 Å². The maximum Gasteiger partial charge on any atom is 0.276 e. The minimum atomic E-state index is -0.309. The molecule has 7 nitrogen and oxygen atoms in total. The molecule has 0 saturated heterocycles. The van der Waals surface area contributed by atoms with E-state index in [1.807, 2.05) is 49.4 Å². The highest BCUT2D eigenvalue weighted by Crippen LogP contribution is 2.34. The predicted molar refractivity (Wildman–Crippen MR) is 97.0 cm³/mol. The lowest BCUT2D eigenvalue weighted by atomic mass is 10.2. The van der Waals surface area contributed by atoms with Gasteiger partial charge in [-0.25, -0.2) is 0 Å². The second-order valence-electron chi connectivity index (χ2n) is 5.82. The van der Waals surface area contributed by atoms with Gasteiger partial charge >= 0.3 is 0 Å². The van der Waals surface area contributed by atoms with Gasteiger partial charge in [0.15, 0.2) is 23.0 Å². The Morgan fingerprint density at radius 2 is 1.69 bits per heavy atom. The van der Waals surface area contributed by atoms with E-state index < -0.39 is 0 Å². The number of anilines is 3. The van der Waals surface area contributed by atoms with E-state index in [2.05, 4.69) is 20.8 Å². The predicted octanol–water partition coefficient (Wildman–Crippen LogP) is 3.51. The molecule has 1 aromatic heterocycles. The first-order valence-corrected chi connectivity index (χ1v) is 8.06. The quantitative estimate of drug-likeness (QED) is 0.750. The van der Waals surface area contributed by atoms with E-state index in [9.17, 15) is 4.79 Å². The van der Waals surface area contributed by atoms with Crippen molar-refractivity contribution in [2.75, 3.05) is 17.4 Å². The number of aryl methyl sites for hydroxylation is 1. The summed E-state index contributed by atoms with van der Waals surface area (Å²) in [5.74, 6) is 1.61. The van der Waals surface area contributed by atoms with Crippen molar-refractivity contribution in [1.29, 1.82) is 0 Å². The highest BCUT2D eigenvalue weighted by atomic mass is 16.7. The standard InChI is InChI=1S/C19H16N4O3/c1-12-2-4-13(5-3-12)21-19(24)15-7-9-18(23-22-15)20-14-6-8-16-17(10-14)26-11-25-16/h2-10H,11H2,1H3,(H,20,23)(H,21,24). The number of carbonyl (C=O) groups is 1. The number of hydrogen-bond donors (Lipinski definition) is 2. The highest BCUT2D eigenvalue weighted by molar-refractivity contribution is 6.02. The molecule has 0 spiro atoms. The monoisotopic (exact) mass is 348 g/mol. The number of ether oxygens (including phenoxy) is 2. The number of amides is 1. The van der Waals surface area contributed by atoms with Crippen molar-refractivity contribution >= 4 is 23.1 Å². The maximum absolute atomic E-state index is 12.2. The molecule has 0 unspecified atom stereocenters.